The summed E-state index contributed by atoms with van der Waals surface area (Å²) in [7, 11) is 0. The lowest BCUT2D eigenvalue weighted by atomic mass is 10.1. The van der Waals surface area contributed by atoms with Crippen LogP contribution in [0.5, 0.6) is 0 Å². The van der Waals surface area contributed by atoms with Crippen LogP contribution in [0.4, 0.5) is 5.69 Å². The molecule has 2 amide bonds. The molecule has 1 saturated heterocycles. The number of anilines is 1. The molecule has 1 aliphatic heterocycles. The molecule has 0 aliphatic carbocycles. The molecular weight excluding hydrogens is 380 g/mol. The van der Waals surface area contributed by atoms with E-state index in [0.717, 1.165) is 28.8 Å². The van der Waals surface area contributed by atoms with Crippen LogP contribution in [0.1, 0.15) is 23.2 Å². The molecule has 30 heavy (non-hydrogen) atoms. The average molecular weight is 400 g/mol. The predicted molar refractivity (Wildman–Crippen MR) is 113 cm³/mol. The number of para-hydroxylation sites is 2. The monoisotopic (exact) mass is 400 g/mol. The third-order valence-corrected chi connectivity index (χ3v) is 5.40. The number of hydrogen-bond donors (Lipinski definition) is 2. The van der Waals surface area contributed by atoms with Gasteiger partial charge in [0.25, 0.3) is 5.91 Å². The number of carbonyl (C=O) groups is 2. The van der Waals surface area contributed by atoms with Crippen LogP contribution in [-0.4, -0.2) is 39.3 Å². The Hall–Kier alpha value is -3.87. The number of aromatic nitrogens is 2. The van der Waals surface area contributed by atoms with Gasteiger partial charge in [-0.3, -0.25) is 9.59 Å². The summed E-state index contributed by atoms with van der Waals surface area (Å²) < 4.78 is 5.00. The van der Waals surface area contributed by atoms with Gasteiger partial charge in [-0.25, -0.2) is 4.98 Å². The zero-order valence-electron chi connectivity index (χ0n) is 16.2. The minimum atomic E-state index is -0.484. The van der Waals surface area contributed by atoms with Crippen LogP contribution in [-0.2, 0) is 4.79 Å². The van der Waals surface area contributed by atoms with Gasteiger partial charge in [0.1, 0.15) is 18.1 Å². The summed E-state index contributed by atoms with van der Waals surface area (Å²) in [6, 6.07) is 16.5. The molecule has 7 heteroatoms. The van der Waals surface area contributed by atoms with Crippen molar-refractivity contribution in [1.82, 2.24) is 14.9 Å². The number of likely N-dealkylation sites (tertiary alicyclic amines) is 1. The van der Waals surface area contributed by atoms with Gasteiger partial charge in [0, 0.05) is 17.8 Å². The summed E-state index contributed by atoms with van der Waals surface area (Å²) in [5, 5.41) is 2.93. The highest BCUT2D eigenvalue weighted by Crippen LogP contribution is 2.24. The molecule has 1 fully saturated rings. The van der Waals surface area contributed by atoms with Gasteiger partial charge in [-0.1, -0.05) is 12.1 Å². The van der Waals surface area contributed by atoms with Gasteiger partial charge in [0.15, 0.2) is 0 Å². The molecule has 150 valence electrons. The number of fused-ring (bicyclic) bond motifs is 1. The van der Waals surface area contributed by atoms with E-state index in [1.54, 1.807) is 11.0 Å². The van der Waals surface area contributed by atoms with Crippen molar-refractivity contribution in [2.45, 2.75) is 18.9 Å². The van der Waals surface area contributed by atoms with Gasteiger partial charge in [-0.05, 0) is 55.3 Å². The van der Waals surface area contributed by atoms with Crippen LogP contribution < -0.4 is 5.32 Å². The van der Waals surface area contributed by atoms with Crippen molar-refractivity contribution in [3.05, 3.63) is 72.7 Å². The molecule has 0 saturated carbocycles. The number of H-pyrrole nitrogens is 1. The molecule has 2 aromatic heterocycles. The van der Waals surface area contributed by atoms with Gasteiger partial charge in [0.05, 0.1) is 22.9 Å². The van der Waals surface area contributed by atoms with Crippen molar-refractivity contribution in [3.63, 3.8) is 0 Å². The molecule has 3 heterocycles. The van der Waals surface area contributed by atoms with Gasteiger partial charge in [0.2, 0.25) is 5.91 Å². The van der Waals surface area contributed by atoms with Crippen molar-refractivity contribution in [2.24, 2.45) is 0 Å². The van der Waals surface area contributed by atoms with Crippen molar-refractivity contribution in [2.75, 3.05) is 11.9 Å². The van der Waals surface area contributed by atoms with Crippen LogP contribution >= 0.6 is 0 Å². The topological polar surface area (TPSA) is 91.2 Å². The molecule has 0 bridgehead atoms. The second-order valence-corrected chi connectivity index (χ2v) is 7.34. The Morgan fingerprint density at radius 3 is 2.70 bits per heavy atom. The van der Waals surface area contributed by atoms with Crippen LogP contribution in [0, 0.1) is 0 Å². The molecular formula is C23H20N4O3. The van der Waals surface area contributed by atoms with Crippen molar-refractivity contribution >= 4 is 28.5 Å². The van der Waals surface area contributed by atoms with Crippen LogP contribution in [0.25, 0.3) is 22.4 Å². The molecule has 2 N–H and O–H groups in total. The normalized spacial score (nSPS) is 16.1. The number of hydrogen-bond acceptors (Lipinski definition) is 4. The largest absolute Gasteiger partial charge is 0.472 e. The second kappa shape index (κ2) is 7.51. The third-order valence-electron chi connectivity index (χ3n) is 5.40. The fourth-order valence-electron chi connectivity index (χ4n) is 3.86. The lowest BCUT2D eigenvalue weighted by Crippen LogP contribution is -2.43. The number of amides is 2. The molecule has 0 spiro atoms. The maximum Gasteiger partial charge on any atom is 0.257 e. The molecule has 1 aliphatic rings. The number of imidazole rings is 1. The smallest absolute Gasteiger partial charge is 0.257 e. The number of benzene rings is 2. The highest BCUT2D eigenvalue weighted by molar-refractivity contribution is 6.01. The van der Waals surface area contributed by atoms with Crippen LogP contribution in [0.3, 0.4) is 0 Å². The van der Waals surface area contributed by atoms with Gasteiger partial charge >= 0.3 is 0 Å². The summed E-state index contributed by atoms with van der Waals surface area (Å²) in [6.45, 7) is 0.563. The standard InChI is InChI=1S/C23H20N4O3/c28-22(20-6-3-12-27(20)23(29)16-11-13-30-14-16)24-17-9-7-15(8-10-17)21-25-18-4-1-2-5-19(18)26-21/h1-2,4-5,7-11,13-14,20H,3,6,12H2,(H,24,28)(H,25,26). The van der Waals surface area contributed by atoms with E-state index in [-0.39, 0.29) is 11.8 Å². The van der Waals surface area contributed by atoms with E-state index < -0.39 is 6.04 Å². The number of nitrogens with one attached hydrogen (secondary N) is 2. The maximum atomic E-state index is 12.8. The SMILES string of the molecule is O=C(Nc1ccc(-c2nc3ccccc3[nH]2)cc1)C1CCCN1C(=O)c1ccoc1. The number of carbonyl (C=O) groups excluding carboxylic acids is 2. The first kappa shape index (κ1) is 18.2. The Labute approximate surface area is 172 Å². The van der Waals surface area contributed by atoms with E-state index >= 15 is 0 Å². The molecule has 7 nitrogen and oxygen atoms in total. The molecule has 0 radical (unpaired) electrons. The van der Waals surface area contributed by atoms with E-state index in [9.17, 15) is 9.59 Å². The number of rotatable bonds is 4. The van der Waals surface area contributed by atoms with Gasteiger partial charge in [-0.15, -0.1) is 0 Å². The lowest BCUT2D eigenvalue weighted by Gasteiger charge is -2.23. The highest BCUT2D eigenvalue weighted by atomic mass is 16.3. The van der Waals surface area contributed by atoms with Crippen molar-refractivity contribution < 1.29 is 14.0 Å². The first-order chi connectivity index (χ1) is 14.7. The highest BCUT2D eigenvalue weighted by Gasteiger charge is 2.34. The Balaban J connectivity index is 1.29. The average Bonchev–Trinajstić information content (AvgIpc) is 3.54. The molecule has 1 atom stereocenters. The first-order valence-corrected chi connectivity index (χ1v) is 9.88. The van der Waals surface area contributed by atoms with E-state index in [1.807, 2.05) is 48.5 Å². The molecule has 5 rings (SSSR count). The number of nitrogens with zero attached hydrogens (tertiary/aromatic N) is 2. The Morgan fingerprint density at radius 1 is 1.10 bits per heavy atom. The number of aromatic amines is 1. The van der Waals surface area contributed by atoms with Crippen molar-refractivity contribution in [1.29, 1.82) is 0 Å². The first-order valence-electron chi connectivity index (χ1n) is 9.88. The molecule has 4 aromatic rings. The summed E-state index contributed by atoms with van der Waals surface area (Å²) >= 11 is 0. The van der Waals surface area contributed by atoms with Crippen LogP contribution in [0.15, 0.2) is 71.5 Å². The lowest BCUT2D eigenvalue weighted by molar-refractivity contribution is -0.119. The van der Waals surface area contributed by atoms with E-state index in [0.29, 0.717) is 24.2 Å². The predicted octanol–water partition coefficient (Wildman–Crippen LogP) is 4.07. The molecule has 1 unspecified atom stereocenters. The van der Waals surface area contributed by atoms with Gasteiger partial charge < -0.3 is 19.6 Å². The Morgan fingerprint density at radius 2 is 1.93 bits per heavy atom. The third kappa shape index (κ3) is 3.34. The summed E-state index contributed by atoms with van der Waals surface area (Å²) in [6.07, 6.45) is 4.31. The van der Waals surface area contributed by atoms with E-state index in [2.05, 4.69) is 15.3 Å². The Kier molecular flexibility index (Phi) is 4.55. The summed E-state index contributed by atoms with van der Waals surface area (Å²) in [5.41, 5.74) is 3.97. The summed E-state index contributed by atoms with van der Waals surface area (Å²) in [4.78, 5) is 35.0. The fourth-order valence-corrected chi connectivity index (χ4v) is 3.86. The minimum absolute atomic E-state index is 0.179. The minimum Gasteiger partial charge on any atom is -0.472 e. The quantitative estimate of drug-likeness (QED) is 0.540. The second-order valence-electron chi connectivity index (χ2n) is 7.34. The van der Waals surface area contributed by atoms with Crippen molar-refractivity contribution in [3.8, 4) is 11.4 Å². The van der Waals surface area contributed by atoms with Crippen LogP contribution in [0.2, 0.25) is 0 Å². The van der Waals surface area contributed by atoms with E-state index in [4.69, 9.17) is 4.42 Å². The maximum absolute atomic E-state index is 12.8. The summed E-state index contributed by atoms with van der Waals surface area (Å²) in [5.74, 6) is 0.421. The fraction of sp³-hybridized carbons (Fsp3) is 0.174. The zero-order valence-corrected chi connectivity index (χ0v) is 16.2. The Bertz CT molecular complexity index is 1160. The number of furan rings is 1. The van der Waals surface area contributed by atoms with E-state index in [1.165, 1.54) is 12.5 Å². The zero-order chi connectivity index (χ0) is 20.5. The molecule has 2 aromatic carbocycles. The van der Waals surface area contributed by atoms with Gasteiger partial charge in [-0.2, -0.15) is 0 Å².